The highest BCUT2D eigenvalue weighted by Gasteiger charge is 2.29. The Balaban J connectivity index is 1.50. The van der Waals surface area contributed by atoms with Crippen LogP contribution >= 0.6 is 0 Å². The maximum Gasteiger partial charge on any atom is 0.251 e. The van der Waals surface area contributed by atoms with Gasteiger partial charge in [0.05, 0.1) is 6.54 Å². The molecule has 4 rings (SSSR count). The van der Waals surface area contributed by atoms with E-state index in [1.807, 2.05) is 36.5 Å². The highest BCUT2D eigenvalue weighted by atomic mass is 32.2. The SMILES string of the molecule is O=C(NCc1ccccc1Cn1cccn1)c1ccc(F)c(S(=O)(=O)N2CCCCC2)c1. The molecule has 168 valence electrons. The van der Waals surface area contributed by atoms with Gasteiger partial charge in [-0.15, -0.1) is 0 Å². The molecule has 9 heteroatoms. The minimum absolute atomic E-state index is 0.103. The number of amides is 1. The average molecular weight is 457 g/mol. The summed E-state index contributed by atoms with van der Waals surface area (Å²) in [5.41, 5.74) is 2.02. The zero-order chi connectivity index (χ0) is 22.6. The highest BCUT2D eigenvalue weighted by Crippen LogP contribution is 2.24. The number of carbonyl (C=O) groups excluding carboxylic acids is 1. The van der Waals surface area contributed by atoms with Crippen molar-refractivity contribution >= 4 is 15.9 Å². The molecular weight excluding hydrogens is 431 g/mol. The Bertz CT molecular complexity index is 1190. The van der Waals surface area contributed by atoms with Crippen LogP contribution in [-0.2, 0) is 23.1 Å². The Labute approximate surface area is 186 Å². The third-order valence-corrected chi connectivity index (χ3v) is 7.49. The number of benzene rings is 2. The lowest BCUT2D eigenvalue weighted by Crippen LogP contribution is -2.36. The molecule has 0 spiro atoms. The van der Waals surface area contributed by atoms with Gasteiger partial charge in [0.1, 0.15) is 10.7 Å². The number of carbonyl (C=O) groups is 1. The Morgan fingerprint density at radius 3 is 2.50 bits per heavy atom. The molecule has 32 heavy (non-hydrogen) atoms. The van der Waals surface area contributed by atoms with Gasteiger partial charge in [-0.3, -0.25) is 9.48 Å². The van der Waals surface area contributed by atoms with Gasteiger partial charge in [-0.2, -0.15) is 9.40 Å². The highest BCUT2D eigenvalue weighted by molar-refractivity contribution is 7.89. The van der Waals surface area contributed by atoms with E-state index in [4.69, 9.17) is 0 Å². The molecule has 1 aromatic heterocycles. The molecule has 3 aromatic rings. The van der Waals surface area contributed by atoms with Crippen LogP contribution in [0.3, 0.4) is 0 Å². The summed E-state index contributed by atoms with van der Waals surface area (Å²) in [5, 5.41) is 7.02. The van der Waals surface area contributed by atoms with Crippen LogP contribution in [0.15, 0.2) is 65.8 Å². The quantitative estimate of drug-likeness (QED) is 0.592. The Kier molecular flexibility index (Phi) is 6.66. The minimum Gasteiger partial charge on any atom is -0.348 e. The van der Waals surface area contributed by atoms with Crippen molar-refractivity contribution in [3.63, 3.8) is 0 Å². The first-order valence-corrected chi connectivity index (χ1v) is 12.0. The Morgan fingerprint density at radius 1 is 1.03 bits per heavy atom. The number of halogens is 1. The molecule has 2 heterocycles. The average Bonchev–Trinajstić information content (AvgIpc) is 3.32. The van der Waals surface area contributed by atoms with Gasteiger partial charge in [0.15, 0.2) is 0 Å². The fraction of sp³-hybridized carbons (Fsp3) is 0.304. The van der Waals surface area contributed by atoms with Crippen molar-refractivity contribution in [1.29, 1.82) is 0 Å². The number of sulfonamides is 1. The van der Waals surface area contributed by atoms with Crippen LogP contribution in [0.4, 0.5) is 4.39 Å². The number of piperidine rings is 1. The first kappa shape index (κ1) is 22.2. The van der Waals surface area contributed by atoms with E-state index < -0.39 is 26.6 Å². The molecule has 0 saturated carbocycles. The van der Waals surface area contributed by atoms with Crippen molar-refractivity contribution in [1.82, 2.24) is 19.4 Å². The summed E-state index contributed by atoms with van der Waals surface area (Å²) in [6.07, 6.45) is 6.02. The molecule has 2 aromatic carbocycles. The topological polar surface area (TPSA) is 84.3 Å². The lowest BCUT2D eigenvalue weighted by atomic mass is 10.1. The van der Waals surface area contributed by atoms with Crippen molar-refractivity contribution in [2.45, 2.75) is 37.2 Å². The largest absolute Gasteiger partial charge is 0.348 e. The van der Waals surface area contributed by atoms with Crippen LogP contribution in [0.5, 0.6) is 0 Å². The molecule has 1 amide bonds. The van der Waals surface area contributed by atoms with Crippen molar-refractivity contribution < 1.29 is 17.6 Å². The first-order chi connectivity index (χ1) is 15.4. The van der Waals surface area contributed by atoms with E-state index in [-0.39, 0.29) is 12.1 Å². The molecule has 0 aliphatic carbocycles. The third kappa shape index (κ3) is 4.89. The summed E-state index contributed by atoms with van der Waals surface area (Å²) in [6.45, 7) is 1.55. The number of nitrogens with zero attached hydrogens (tertiary/aromatic N) is 3. The van der Waals surface area contributed by atoms with E-state index in [9.17, 15) is 17.6 Å². The molecule has 0 atom stereocenters. The molecule has 1 N–H and O–H groups in total. The Hall–Kier alpha value is -3.04. The monoisotopic (exact) mass is 456 g/mol. The number of hydrogen-bond acceptors (Lipinski definition) is 4. The second-order valence-electron chi connectivity index (χ2n) is 7.76. The van der Waals surface area contributed by atoms with E-state index >= 15 is 0 Å². The van der Waals surface area contributed by atoms with Crippen LogP contribution in [0, 0.1) is 5.82 Å². The van der Waals surface area contributed by atoms with Crippen molar-refractivity contribution in [3.05, 3.63) is 83.4 Å². The standard InChI is InChI=1S/C23H25FN4O3S/c24-21-10-9-18(15-22(21)32(30,31)28-13-4-1-5-14-28)23(29)25-16-19-7-2-3-8-20(19)17-27-12-6-11-26-27/h2-3,6-12,15H,1,4-5,13-14,16-17H2,(H,25,29). The molecule has 1 fully saturated rings. The molecule has 1 aliphatic rings. The maximum absolute atomic E-state index is 14.4. The lowest BCUT2D eigenvalue weighted by Gasteiger charge is -2.26. The second kappa shape index (κ2) is 9.62. The van der Waals surface area contributed by atoms with Gasteiger partial charge in [-0.05, 0) is 48.2 Å². The maximum atomic E-state index is 14.4. The number of hydrogen-bond donors (Lipinski definition) is 1. The summed E-state index contributed by atoms with van der Waals surface area (Å²) in [6, 6.07) is 13.0. The van der Waals surface area contributed by atoms with Gasteiger partial charge in [0.25, 0.3) is 5.91 Å². The Morgan fingerprint density at radius 2 is 1.78 bits per heavy atom. The first-order valence-electron chi connectivity index (χ1n) is 10.6. The van der Waals surface area contributed by atoms with E-state index in [0.29, 0.717) is 19.6 Å². The fourth-order valence-electron chi connectivity index (χ4n) is 3.82. The molecule has 1 saturated heterocycles. The van der Waals surface area contributed by atoms with Crippen molar-refractivity contribution in [2.24, 2.45) is 0 Å². The molecule has 0 unspecified atom stereocenters. The molecular formula is C23H25FN4O3S. The minimum atomic E-state index is -3.98. The molecule has 0 radical (unpaired) electrons. The summed E-state index contributed by atoms with van der Waals surface area (Å²) < 4.78 is 43.3. The van der Waals surface area contributed by atoms with Gasteiger partial charge in [-0.25, -0.2) is 12.8 Å². The molecule has 1 aliphatic heterocycles. The second-order valence-corrected chi connectivity index (χ2v) is 9.67. The van der Waals surface area contributed by atoms with E-state index in [1.54, 1.807) is 10.9 Å². The summed E-state index contributed by atoms with van der Waals surface area (Å²) in [4.78, 5) is 12.3. The van der Waals surface area contributed by atoms with E-state index in [0.717, 1.165) is 42.5 Å². The fourth-order valence-corrected chi connectivity index (χ4v) is 5.42. The van der Waals surface area contributed by atoms with Gasteiger partial charge in [0, 0.05) is 37.6 Å². The van der Waals surface area contributed by atoms with Crippen LogP contribution in [-0.4, -0.2) is 41.5 Å². The zero-order valence-corrected chi connectivity index (χ0v) is 18.4. The van der Waals surface area contributed by atoms with Gasteiger partial charge < -0.3 is 5.32 Å². The third-order valence-electron chi connectivity index (χ3n) is 5.58. The number of aromatic nitrogens is 2. The summed E-state index contributed by atoms with van der Waals surface area (Å²) >= 11 is 0. The van der Waals surface area contributed by atoms with Gasteiger partial charge in [0.2, 0.25) is 10.0 Å². The van der Waals surface area contributed by atoms with Crippen molar-refractivity contribution in [2.75, 3.05) is 13.1 Å². The smallest absolute Gasteiger partial charge is 0.251 e. The lowest BCUT2D eigenvalue weighted by molar-refractivity contribution is 0.0950. The molecule has 0 bridgehead atoms. The van der Waals surface area contributed by atoms with Crippen LogP contribution in [0.2, 0.25) is 0 Å². The van der Waals surface area contributed by atoms with Crippen LogP contribution in [0.1, 0.15) is 40.7 Å². The van der Waals surface area contributed by atoms with Crippen molar-refractivity contribution in [3.8, 4) is 0 Å². The van der Waals surface area contributed by atoms with Crippen LogP contribution < -0.4 is 5.32 Å². The number of rotatable bonds is 7. The molecule has 7 nitrogen and oxygen atoms in total. The van der Waals surface area contributed by atoms with Gasteiger partial charge in [-0.1, -0.05) is 30.7 Å². The predicted octanol–water partition coefficient (Wildman–Crippen LogP) is 3.18. The number of nitrogens with one attached hydrogen (secondary N) is 1. The normalized spacial score (nSPS) is 14.9. The zero-order valence-electron chi connectivity index (χ0n) is 17.6. The van der Waals surface area contributed by atoms with E-state index in [2.05, 4.69) is 10.4 Å². The van der Waals surface area contributed by atoms with Crippen LogP contribution in [0.25, 0.3) is 0 Å². The van der Waals surface area contributed by atoms with Gasteiger partial charge >= 0.3 is 0 Å². The van der Waals surface area contributed by atoms with E-state index in [1.165, 1.54) is 10.4 Å². The predicted molar refractivity (Wildman–Crippen MR) is 118 cm³/mol. The summed E-state index contributed by atoms with van der Waals surface area (Å²) in [5.74, 6) is -1.31. The summed E-state index contributed by atoms with van der Waals surface area (Å²) in [7, 11) is -3.98.